The van der Waals surface area contributed by atoms with Gasteiger partial charge in [0.15, 0.2) is 0 Å². The SMILES string of the molecule is CC(=O)N/N=C\c1cc(C)n(-c2cccc(I)c2)c1C. The lowest BCUT2D eigenvalue weighted by Crippen LogP contribution is -2.12. The lowest BCUT2D eigenvalue weighted by atomic mass is 10.2. The van der Waals surface area contributed by atoms with E-state index >= 15 is 0 Å². The molecule has 0 atom stereocenters. The summed E-state index contributed by atoms with van der Waals surface area (Å²) in [5.41, 5.74) is 6.77. The highest BCUT2D eigenvalue weighted by Crippen LogP contribution is 2.21. The van der Waals surface area contributed by atoms with Gasteiger partial charge in [0.2, 0.25) is 5.91 Å². The molecule has 1 aromatic carbocycles. The molecule has 0 aliphatic carbocycles. The first-order valence-electron chi connectivity index (χ1n) is 6.23. The van der Waals surface area contributed by atoms with Crippen LogP contribution in [-0.2, 0) is 4.79 Å². The Labute approximate surface area is 132 Å². The van der Waals surface area contributed by atoms with Crippen LogP contribution in [-0.4, -0.2) is 16.7 Å². The van der Waals surface area contributed by atoms with Crippen molar-refractivity contribution >= 4 is 34.7 Å². The van der Waals surface area contributed by atoms with E-state index in [1.807, 2.05) is 13.0 Å². The molecule has 1 amide bonds. The maximum Gasteiger partial charge on any atom is 0.236 e. The number of hydrogen-bond acceptors (Lipinski definition) is 2. The average molecular weight is 381 g/mol. The fraction of sp³-hybridized carbons (Fsp3) is 0.200. The van der Waals surface area contributed by atoms with Crippen LogP contribution in [0.5, 0.6) is 0 Å². The van der Waals surface area contributed by atoms with Crippen LogP contribution in [0.3, 0.4) is 0 Å². The van der Waals surface area contributed by atoms with Crippen molar-refractivity contribution < 1.29 is 4.79 Å². The molecule has 0 saturated heterocycles. The molecule has 2 rings (SSSR count). The molecule has 0 spiro atoms. The van der Waals surface area contributed by atoms with Gasteiger partial charge in [-0.1, -0.05) is 6.07 Å². The molecule has 1 N–H and O–H groups in total. The first kappa shape index (κ1) is 14.8. The van der Waals surface area contributed by atoms with Crippen molar-refractivity contribution in [3.8, 4) is 5.69 Å². The van der Waals surface area contributed by atoms with E-state index in [2.05, 4.69) is 68.9 Å². The van der Waals surface area contributed by atoms with Crippen LogP contribution in [0.15, 0.2) is 35.4 Å². The molecule has 0 fully saturated rings. The van der Waals surface area contributed by atoms with Crippen LogP contribution in [0.4, 0.5) is 0 Å². The van der Waals surface area contributed by atoms with Gasteiger partial charge < -0.3 is 4.57 Å². The van der Waals surface area contributed by atoms with Gasteiger partial charge in [-0.05, 0) is 60.7 Å². The quantitative estimate of drug-likeness (QED) is 0.496. The molecular weight excluding hydrogens is 365 g/mol. The highest BCUT2D eigenvalue weighted by molar-refractivity contribution is 14.1. The molecule has 5 heteroatoms. The Morgan fingerprint density at radius 2 is 2.10 bits per heavy atom. The van der Waals surface area contributed by atoms with Crippen molar-refractivity contribution in [3.05, 3.63) is 50.9 Å². The van der Waals surface area contributed by atoms with Crippen LogP contribution >= 0.6 is 22.6 Å². The van der Waals surface area contributed by atoms with Gasteiger partial charge in [-0.3, -0.25) is 4.79 Å². The van der Waals surface area contributed by atoms with Crippen LogP contribution in [0.2, 0.25) is 0 Å². The number of carbonyl (C=O) groups excluding carboxylic acids is 1. The number of hydrazone groups is 1. The third-order valence-corrected chi connectivity index (χ3v) is 3.63. The van der Waals surface area contributed by atoms with Crippen molar-refractivity contribution in [2.45, 2.75) is 20.8 Å². The van der Waals surface area contributed by atoms with Gasteiger partial charge in [0.1, 0.15) is 0 Å². The molecule has 104 valence electrons. The van der Waals surface area contributed by atoms with Crippen molar-refractivity contribution in [2.75, 3.05) is 0 Å². The van der Waals surface area contributed by atoms with E-state index in [0.29, 0.717) is 0 Å². The van der Waals surface area contributed by atoms with E-state index < -0.39 is 0 Å². The van der Waals surface area contributed by atoms with E-state index in [-0.39, 0.29) is 5.91 Å². The standard InChI is InChI=1S/C15H16IN3O/c1-10-7-13(9-17-18-12(3)20)11(2)19(10)15-6-4-5-14(16)8-15/h4-9H,1-3H3,(H,18,20)/b17-9-. The summed E-state index contributed by atoms with van der Waals surface area (Å²) in [5.74, 6) is -0.173. The summed E-state index contributed by atoms with van der Waals surface area (Å²) in [7, 11) is 0. The minimum atomic E-state index is -0.173. The van der Waals surface area contributed by atoms with Gasteiger partial charge in [0.25, 0.3) is 0 Å². The Balaban J connectivity index is 2.39. The maximum atomic E-state index is 10.8. The molecule has 0 saturated carbocycles. The number of amides is 1. The van der Waals surface area contributed by atoms with Gasteiger partial charge in [0.05, 0.1) is 6.21 Å². The fourth-order valence-corrected chi connectivity index (χ4v) is 2.65. The van der Waals surface area contributed by atoms with E-state index in [4.69, 9.17) is 0 Å². The number of halogens is 1. The number of benzene rings is 1. The summed E-state index contributed by atoms with van der Waals surface area (Å²) in [6.45, 7) is 5.54. The summed E-state index contributed by atoms with van der Waals surface area (Å²) in [6, 6.07) is 10.4. The summed E-state index contributed by atoms with van der Waals surface area (Å²) >= 11 is 2.31. The topological polar surface area (TPSA) is 46.4 Å². The largest absolute Gasteiger partial charge is 0.318 e. The third-order valence-electron chi connectivity index (χ3n) is 2.96. The molecular formula is C15H16IN3O. The monoisotopic (exact) mass is 381 g/mol. The summed E-state index contributed by atoms with van der Waals surface area (Å²) < 4.78 is 3.37. The number of rotatable bonds is 3. The van der Waals surface area contributed by atoms with Gasteiger partial charge in [-0.15, -0.1) is 0 Å². The van der Waals surface area contributed by atoms with E-state index in [0.717, 1.165) is 22.6 Å². The molecule has 0 aliphatic rings. The predicted octanol–water partition coefficient (Wildman–Crippen LogP) is 3.17. The predicted molar refractivity (Wildman–Crippen MR) is 89.4 cm³/mol. The Kier molecular flexibility index (Phi) is 4.59. The normalized spacial score (nSPS) is 11.0. The number of aromatic nitrogens is 1. The third kappa shape index (κ3) is 3.27. The molecule has 4 nitrogen and oxygen atoms in total. The zero-order valence-corrected chi connectivity index (χ0v) is 13.8. The van der Waals surface area contributed by atoms with E-state index in [9.17, 15) is 4.79 Å². The maximum absolute atomic E-state index is 10.8. The zero-order valence-electron chi connectivity index (χ0n) is 11.6. The summed E-state index contributed by atoms with van der Waals surface area (Å²) in [6.07, 6.45) is 1.67. The van der Waals surface area contributed by atoms with Crippen molar-refractivity contribution in [3.63, 3.8) is 0 Å². The van der Waals surface area contributed by atoms with Gasteiger partial charge in [-0.2, -0.15) is 5.10 Å². The van der Waals surface area contributed by atoms with Crippen molar-refractivity contribution in [1.82, 2.24) is 9.99 Å². The highest BCUT2D eigenvalue weighted by Gasteiger charge is 2.09. The Morgan fingerprint density at radius 3 is 2.75 bits per heavy atom. The van der Waals surface area contributed by atoms with E-state index in [1.54, 1.807) is 6.21 Å². The molecule has 0 bridgehead atoms. The van der Waals surface area contributed by atoms with Crippen molar-refractivity contribution in [2.24, 2.45) is 5.10 Å². The summed E-state index contributed by atoms with van der Waals surface area (Å²) in [5, 5.41) is 3.93. The lowest BCUT2D eigenvalue weighted by Gasteiger charge is -2.09. The van der Waals surface area contributed by atoms with Crippen LogP contribution < -0.4 is 5.43 Å². The van der Waals surface area contributed by atoms with Gasteiger partial charge in [0, 0.05) is 33.1 Å². The Bertz CT molecular complexity index is 674. The number of aryl methyl sites for hydroxylation is 1. The highest BCUT2D eigenvalue weighted by atomic mass is 127. The minimum absolute atomic E-state index is 0.173. The molecule has 1 aromatic heterocycles. The zero-order chi connectivity index (χ0) is 14.7. The average Bonchev–Trinajstić information content (AvgIpc) is 2.64. The number of hydrogen-bond donors (Lipinski definition) is 1. The fourth-order valence-electron chi connectivity index (χ4n) is 2.12. The van der Waals surface area contributed by atoms with Crippen LogP contribution in [0.1, 0.15) is 23.9 Å². The number of carbonyl (C=O) groups is 1. The second-order valence-corrected chi connectivity index (χ2v) is 5.81. The van der Waals surface area contributed by atoms with E-state index in [1.165, 1.54) is 10.5 Å². The molecule has 0 unspecified atom stereocenters. The van der Waals surface area contributed by atoms with Crippen LogP contribution in [0, 0.1) is 17.4 Å². The molecule has 0 aliphatic heterocycles. The number of nitrogens with one attached hydrogen (secondary N) is 1. The smallest absolute Gasteiger partial charge is 0.236 e. The Hall–Kier alpha value is -1.63. The molecule has 2 aromatic rings. The number of nitrogens with zero attached hydrogens (tertiary/aromatic N) is 2. The Morgan fingerprint density at radius 1 is 1.35 bits per heavy atom. The first-order valence-corrected chi connectivity index (χ1v) is 7.31. The van der Waals surface area contributed by atoms with Crippen molar-refractivity contribution in [1.29, 1.82) is 0 Å². The van der Waals surface area contributed by atoms with Gasteiger partial charge in [-0.25, -0.2) is 5.43 Å². The van der Waals surface area contributed by atoms with Crippen LogP contribution in [0.25, 0.3) is 5.69 Å². The molecule has 20 heavy (non-hydrogen) atoms. The minimum Gasteiger partial charge on any atom is -0.318 e. The summed E-state index contributed by atoms with van der Waals surface area (Å²) in [4.78, 5) is 10.8. The molecule has 0 radical (unpaired) electrons. The first-order chi connectivity index (χ1) is 9.49. The van der Waals surface area contributed by atoms with Gasteiger partial charge >= 0.3 is 0 Å². The molecule has 1 heterocycles. The lowest BCUT2D eigenvalue weighted by molar-refractivity contribution is -0.118. The second kappa shape index (κ2) is 6.21. The second-order valence-electron chi connectivity index (χ2n) is 4.57.